The molecule has 0 aliphatic rings. The molecule has 0 unspecified atom stereocenters. The van der Waals surface area contributed by atoms with Crippen molar-refractivity contribution in [1.29, 1.82) is 0 Å². The summed E-state index contributed by atoms with van der Waals surface area (Å²) in [6.07, 6.45) is 0.664. The Kier molecular flexibility index (Phi) is 5.37. The Morgan fingerprint density at radius 1 is 1.10 bits per heavy atom. The van der Waals surface area contributed by atoms with E-state index in [2.05, 4.69) is 51.4 Å². The second-order valence-electron chi connectivity index (χ2n) is 7.27. The number of imidazole rings is 1. The second kappa shape index (κ2) is 8.26. The number of aryl methyl sites for hydroxylation is 1. The molecule has 29 heavy (non-hydrogen) atoms. The van der Waals surface area contributed by atoms with Crippen LogP contribution < -0.4 is 5.32 Å². The highest BCUT2D eigenvalue weighted by Crippen LogP contribution is 2.20. The van der Waals surface area contributed by atoms with E-state index >= 15 is 0 Å². The fourth-order valence-electron chi connectivity index (χ4n) is 3.07. The van der Waals surface area contributed by atoms with Crippen LogP contribution in [-0.4, -0.2) is 26.0 Å². The molecule has 2 N–H and O–H groups in total. The first kappa shape index (κ1) is 18.9. The number of fused-ring (bicyclic) bond motifs is 1. The standard InChI is InChI=1S/C22H23N5O2/c1-14(2)15-7-9-16(10-8-15)22-26-21(29-27-22)12-11-20(28)23-13-19-24-17-5-3-4-6-18(17)25-19/h3-10,14H,11-13H2,1-2H3,(H,23,28)(H,24,25). The highest BCUT2D eigenvalue weighted by Gasteiger charge is 2.12. The summed E-state index contributed by atoms with van der Waals surface area (Å²) in [6.45, 7) is 4.66. The van der Waals surface area contributed by atoms with E-state index in [4.69, 9.17) is 4.52 Å². The fraction of sp³-hybridized carbons (Fsp3) is 0.273. The van der Waals surface area contributed by atoms with Crippen LogP contribution in [0.2, 0.25) is 0 Å². The smallest absolute Gasteiger partial charge is 0.227 e. The third-order valence-electron chi connectivity index (χ3n) is 4.76. The maximum absolute atomic E-state index is 12.1. The number of nitrogens with zero attached hydrogens (tertiary/aromatic N) is 3. The molecule has 0 fully saturated rings. The molecule has 2 aromatic heterocycles. The summed E-state index contributed by atoms with van der Waals surface area (Å²) < 4.78 is 5.29. The van der Waals surface area contributed by atoms with Crippen molar-refractivity contribution in [2.75, 3.05) is 0 Å². The average Bonchev–Trinajstić information content (AvgIpc) is 3.37. The molecule has 0 aliphatic carbocycles. The number of carbonyl (C=O) groups excluding carboxylic acids is 1. The van der Waals surface area contributed by atoms with Gasteiger partial charge in [0.1, 0.15) is 5.82 Å². The fourth-order valence-corrected chi connectivity index (χ4v) is 3.07. The van der Waals surface area contributed by atoms with Crippen LogP contribution in [0.5, 0.6) is 0 Å². The van der Waals surface area contributed by atoms with E-state index in [9.17, 15) is 4.79 Å². The lowest BCUT2D eigenvalue weighted by atomic mass is 10.0. The summed E-state index contributed by atoms with van der Waals surface area (Å²) in [4.78, 5) is 24.2. The summed E-state index contributed by atoms with van der Waals surface area (Å²) in [5.74, 6) is 2.10. The van der Waals surface area contributed by atoms with E-state index in [1.54, 1.807) is 0 Å². The molecule has 0 aliphatic heterocycles. The molecule has 4 aromatic rings. The Morgan fingerprint density at radius 2 is 1.90 bits per heavy atom. The lowest BCUT2D eigenvalue weighted by molar-refractivity contribution is -0.121. The summed E-state index contributed by atoms with van der Waals surface area (Å²) in [7, 11) is 0. The minimum absolute atomic E-state index is 0.0912. The molecule has 4 rings (SSSR count). The average molecular weight is 389 g/mol. The van der Waals surface area contributed by atoms with Crippen molar-refractivity contribution in [3.05, 3.63) is 65.8 Å². The molecule has 0 spiro atoms. The molecule has 0 atom stereocenters. The van der Waals surface area contributed by atoms with E-state index in [1.165, 1.54) is 5.56 Å². The van der Waals surface area contributed by atoms with Crippen LogP contribution in [0.1, 0.15) is 43.5 Å². The predicted octanol–water partition coefficient (Wildman–Crippen LogP) is 3.99. The zero-order valence-electron chi connectivity index (χ0n) is 16.5. The van der Waals surface area contributed by atoms with E-state index in [1.807, 2.05) is 36.4 Å². The summed E-state index contributed by atoms with van der Waals surface area (Å²) >= 11 is 0. The van der Waals surface area contributed by atoms with Gasteiger partial charge in [-0.25, -0.2) is 4.98 Å². The van der Waals surface area contributed by atoms with Gasteiger partial charge in [-0.3, -0.25) is 4.79 Å². The van der Waals surface area contributed by atoms with Crippen LogP contribution in [0.3, 0.4) is 0 Å². The third kappa shape index (κ3) is 4.51. The van der Waals surface area contributed by atoms with Gasteiger partial charge < -0.3 is 14.8 Å². The molecule has 148 valence electrons. The van der Waals surface area contributed by atoms with Gasteiger partial charge in [0.25, 0.3) is 0 Å². The van der Waals surface area contributed by atoms with Crippen molar-refractivity contribution in [2.45, 2.75) is 39.2 Å². The molecule has 7 heteroatoms. The molecule has 2 heterocycles. The first-order valence-electron chi connectivity index (χ1n) is 9.72. The SMILES string of the molecule is CC(C)c1ccc(-c2noc(CCC(=O)NCc3nc4ccccc4[nH]3)n2)cc1. The van der Waals surface area contributed by atoms with Gasteiger partial charge >= 0.3 is 0 Å². The van der Waals surface area contributed by atoms with E-state index in [0.717, 1.165) is 22.4 Å². The lowest BCUT2D eigenvalue weighted by Gasteiger charge is -2.04. The minimum Gasteiger partial charge on any atom is -0.349 e. The second-order valence-corrected chi connectivity index (χ2v) is 7.27. The highest BCUT2D eigenvalue weighted by atomic mass is 16.5. The molecule has 0 bridgehead atoms. The van der Waals surface area contributed by atoms with Crippen LogP contribution >= 0.6 is 0 Å². The van der Waals surface area contributed by atoms with Crippen molar-refractivity contribution in [1.82, 2.24) is 25.4 Å². The lowest BCUT2D eigenvalue weighted by Crippen LogP contribution is -2.23. The van der Waals surface area contributed by atoms with Crippen LogP contribution in [-0.2, 0) is 17.8 Å². The van der Waals surface area contributed by atoms with Crippen LogP contribution in [0.4, 0.5) is 0 Å². The maximum Gasteiger partial charge on any atom is 0.227 e. The van der Waals surface area contributed by atoms with E-state index in [0.29, 0.717) is 30.6 Å². The molecule has 2 aromatic carbocycles. The number of carbonyl (C=O) groups is 1. The first-order chi connectivity index (χ1) is 14.1. The number of amides is 1. The van der Waals surface area contributed by atoms with Crippen molar-refractivity contribution in [2.24, 2.45) is 0 Å². The van der Waals surface area contributed by atoms with Crippen molar-refractivity contribution in [3.63, 3.8) is 0 Å². The quantitative estimate of drug-likeness (QED) is 0.498. The maximum atomic E-state index is 12.1. The number of aromatic amines is 1. The van der Waals surface area contributed by atoms with Gasteiger partial charge in [0.15, 0.2) is 0 Å². The number of benzene rings is 2. The van der Waals surface area contributed by atoms with Gasteiger partial charge in [0, 0.05) is 18.4 Å². The van der Waals surface area contributed by atoms with Gasteiger partial charge in [-0.1, -0.05) is 55.4 Å². The van der Waals surface area contributed by atoms with Gasteiger partial charge in [-0.2, -0.15) is 4.98 Å². The largest absolute Gasteiger partial charge is 0.349 e. The Bertz CT molecular complexity index is 1080. The number of para-hydroxylation sites is 2. The normalized spacial score (nSPS) is 11.3. The first-order valence-corrected chi connectivity index (χ1v) is 9.72. The summed E-state index contributed by atoms with van der Waals surface area (Å²) in [5, 5.41) is 6.89. The number of nitrogens with one attached hydrogen (secondary N) is 2. The Balaban J connectivity index is 1.29. The topological polar surface area (TPSA) is 96.7 Å². The van der Waals surface area contributed by atoms with Crippen molar-refractivity contribution in [3.8, 4) is 11.4 Å². The van der Waals surface area contributed by atoms with Gasteiger partial charge in [0.05, 0.1) is 17.6 Å². The molecule has 1 amide bonds. The molecule has 7 nitrogen and oxygen atoms in total. The van der Waals surface area contributed by atoms with Crippen LogP contribution in [0, 0.1) is 0 Å². The zero-order chi connectivity index (χ0) is 20.2. The van der Waals surface area contributed by atoms with Crippen molar-refractivity contribution >= 4 is 16.9 Å². The number of H-pyrrole nitrogens is 1. The van der Waals surface area contributed by atoms with Crippen LogP contribution in [0.25, 0.3) is 22.4 Å². The third-order valence-corrected chi connectivity index (χ3v) is 4.76. The summed E-state index contributed by atoms with van der Waals surface area (Å²) in [5.41, 5.74) is 4.01. The Labute approximate surface area is 168 Å². The van der Waals surface area contributed by atoms with Gasteiger partial charge in [-0.15, -0.1) is 0 Å². The Morgan fingerprint density at radius 3 is 2.66 bits per heavy atom. The molecule has 0 radical (unpaired) electrons. The van der Waals surface area contributed by atoms with Crippen LogP contribution in [0.15, 0.2) is 53.1 Å². The highest BCUT2D eigenvalue weighted by molar-refractivity contribution is 5.77. The van der Waals surface area contributed by atoms with Gasteiger partial charge in [-0.05, 0) is 23.6 Å². The zero-order valence-corrected chi connectivity index (χ0v) is 16.5. The monoisotopic (exact) mass is 389 g/mol. The minimum atomic E-state index is -0.0912. The molecular weight excluding hydrogens is 366 g/mol. The van der Waals surface area contributed by atoms with E-state index < -0.39 is 0 Å². The summed E-state index contributed by atoms with van der Waals surface area (Å²) in [6, 6.07) is 15.9. The molecular formula is C22H23N5O2. The predicted molar refractivity (Wildman–Crippen MR) is 110 cm³/mol. The van der Waals surface area contributed by atoms with E-state index in [-0.39, 0.29) is 12.3 Å². The van der Waals surface area contributed by atoms with Crippen molar-refractivity contribution < 1.29 is 9.32 Å². The number of aromatic nitrogens is 4. The molecule has 0 saturated carbocycles. The number of rotatable bonds is 7. The number of hydrogen-bond donors (Lipinski definition) is 2. The molecule has 0 saturated heterocycles. The Hall–Kier alpha value is -3.48. The van der Waals surface area contributed by atoms with Gasteiger partial charge in [0.2, 0.25) is 17.6 Å². The number of hydrogen-bond acceptors (Lipinski definition) is 5.